The van der Waals surface area contributed by atoms with E-state index in [0.29, 0.717) is 12.3 Å². The van der Waals surface area contributed by atoms with Gasteiger partial charge in [-0.05, 0) is 57.8 Å². The monoisotopic (exact) mass is 428 g/mol. The zero-order valence-corrected chi connectivity index (χ0v) is 15.4. The van der Waals surface area contributed by atoms with E-state index in [-0.39, 0.29) is 12.4 Å². The van der Waals surface area contributed by atoms with Crippen molar-refractivity contribution >= 4 is 43.6 Å². The smallest absolute Gasteiger partial charge is 0.411 e. The van der Waals surface area contributed by atoms with E-state index in [1.165, 1.54) is 4.90 Å². The van der Waals surface area contributed by atoms with Crippen molar-refractivity contribution in [1.82, 2.24) is 0 Å². The number of carbonyl (C=O) groups excluding carboxylic acids is 1. The summed E-state index contributed by atoms with van der Waals surface area (Å²) in [5.74, 6) is 0. The van der Waals surface area contributed by atoms with Gasteiger partial charge < -0.3 is 22.0 Å². The molecule has 0 fully saturated rings. The second-order valence-corrected chi connectivity index (χ2v) is 5.77. The Hall–Kier alpha value is -0.300. The summed E-state index contributed by atoms with van der Waals surface area (Å²) in [6, 6.07) is 5.61. The van der Waals surface area contributed by atoms with Crippen molar-refractivity contribution in [3.05, 3.63) is 27.1 Å². The zero-order valence-electron chi connectivity index (χ0n) is 11.5. The maximum Gasteiger partial charge on any atom is 0.411 e. The third-order valence-corrected chi connectivity index (χ3v) is 4.20. The van der Waals surface area contributed by atoms with E-state index in [4.69, 9.17) is 4.74 Å². The van der Waals surface area contributed by atoms with Gasteiger partial charge in [-0.15, -0.1) is 0 Å². The molecule has 4 nitrogen and oxygen atoms in total. The Morgan fingerprint density at radius 1 is 1.25 bits per heavy atom. The number of rotatable bonds is 6. The number of hydrogen-bond acceptors (Lipinski definition) is 2. The molecule has 0 aliphatic heterocycles. The van der Waals surface area contributed by atoms with Gasteiger partial charge in [0.25, 0.3) is 0 Å². The van der Waals surface area contributed by atoms with Gasteiger partial charge in [0.2, 0.25) is 0 Å². The Bertz CT molecular complexity index is 409. The van der Waals surface area contributed by atoms with Gasteiger partial charge in [0, 0.05) is 8.95 Å². The fraction of sp³-hybridized carbons (Fsp3) is 0.462. The quantitative estimate of drug-likeness (QED) is 0.650. The number of amides is 1. The molecule has 20 heavy (non-hydrogen) atoms. The van der Waals surface area contributed by atoms with Crippen LogP contribution in [-0.2, 0) is 4.74 Å². The molecule has 7 heteroatoms. The number of anilines is 1. The molecular weight excluding hydrogens is 411 g/mol. The first kappa shape index (κ1) is 19.7. The summed E-state index contributed by atoms with van der Waals surface area (Å²) in [6.45, 7) is 7.57. The van der Waals surface area contributed by atoms with E-state index in [1.807, 2.05) is 18.2 Å². The molecule has 0 heterocycles. The van der Waals surface area contributed by atoms with Crippen LogP contribution in [0.5, 0.6) is 0 Å². The molecule has 1 aromatic carbocycles. The van der Waals surface area contributed by atoms with Crippen molar-refractivity contribution in [2.75, 3.05) is 31.6 Å². The van der Waals surface area contributed by atoms with Crippen LogP contribution in [0.2, 0.25) is 0 Å². The van der Waals surface area contributed by atoms with E-state index >= 15 is 0 Å². The van der Waals surface area contributed by atoms with Crippen molar-refractivity contribution in [3.8, 4) is 0 Å². The highest BCUT2D eigenvalue weighted by molar-refractivity contribution is 9.11. The summed E-state index contributed by atoms with van der Waals surface area (Å²) < 4.78 is 6.80. The van der Waals surface area contributed by atoms with Crippen LogP contribution in [-0.4, -0.2) is 32.3 Å². The van der Waals surface area contributed by atoms with Gasteiger partial charge in [0.15, 0.2) is 0 Å². The molecule has 114 valence electrons. The van der Waals surface area contributed by atoms with Crippen LogP contribution in [0.3, 0.4) is 0 Å². The molecule has 0 spiro atoms. The highest BCUT2D eigenvalue weighted by Gasteiger charge is 2.10. The fourth-order valence-corrected chi connectivity index (χ4v) is 2.84. The number of likely N-dealkylation sites (N-methyl/N-ethyl adjacent to an activating group) is 1. The maximum absolute atomic E-state index is 11.7. The first-order chi connectivity index (χ1) is 9.08. The van der Waals surface area contributed by atoms with Crippen molar-refractivity contribution < 1.29 is 26.8 Å². The Labute approximate surface area is 142 Å². The number of carbonyl (C=O) groups is 1. The van der Waals surface area contributed by atoms with Crippen molar-refractivity contribution in [3.63, 3.8) is 0 Å². The minimum absolute atomic E-state index is 0. The molecule has 1 rings (SSSR count). The number of quaternary nitrogens is 1. The largest absolute Gasteiger partial charge is 1.00 e. The van der Waals surface area contributed by atoms with Gasteiger partial charge in [-0.25, -0.2) is 4.79 Å². The second-order valence-electron chi connectivity index (χ2n) is 4.06. The molecule has 0 saturated heterocycles. The maximum atomic E-state index is 11.7. The number of benzene rings is 1. The average molecular weight is 431 g/mol. The highest BCUT2D eigenvalue weighted by atomic mass is 79.9. The Morgan fingerprint density at radius 3 is 2.30 bits per heavy atom. The molecule has 0 atom stereocenters. The molecule has 0 aliphatic carbocycles. The summed E-state index contributed by atoms with van der Waals surface area (Å²) in [4.78, 5) is 13.1. The molecule has 0 aliphatic rings. The van der Waals surface area contributed by atoms with E-state index in [1.54, 1.807) is 0 Å². The van der Waals surface area contributed by atoms with Gasteiger partial charge >= 0.3 is 6.09 Å². The lowest BCUT2D eigenvalue weighted by molar-refractivity contribution is -0.896. The zero-order chi connectivity index (χ0) is 14.3. The van der Waals surface area contributed by atoms with Crippen LogP contribution >= 0.6 is 31.9 Å². The summed E-state index contributed by atoms with van der Waals surface area (Å²) in [7, 11) is 0. The molecule has 0 saturated carbocycles. The number of hydrogen-bond donors (Lipinski definition) is 2. The predicted molar refractivity (Wildman–Crippen MR) is 83.7 cm³/mol. The van der Waals surface area contributed by atoms with Gasteiger partial charge in [-0.1, -0.05) is 6.07 Å². The summed E-state index contributed by atoms with van der Waals surface area (Å²) in [5, 5.41) is 2.72. The minimum atomic E-state index is -0.431. The van der Waals surface area contributed by atoms with Crippen LogP contribution in [0.15, 0.2) is 27.1 Å². The van der Waals surface area contributed by atoms with Crippen LogP contribution in [0.25, 0.3) is 0 Å². The first-order valence-corrected chi connectivity index (χ1v) is 7.88. The molecule has 0 aromatic heterocycles. The molecule has 2 N–H and O–H groups in total. The Balaban J connectivity index is 0.00000361. The lowest BCUT2D eigenvalue weighted by Crippen LogP contribution is -3.11. The lowest BCUT2D eigenvalue weighted by atomic mass is 10.3. The molecule has 0 bridgehead atoms. The van der Waals surface area contributed by atoms with Crippen molar-refractivity contribution in [1.29, 1.82) is 0 Å². The number of halogens is 3. The third-order valence-electron chi connectivity index (χ3n) is 2.88. The molecular formula is C13H19Br2ClN2O2. The van der Waals surface area contributed by atoms with Gasteiger partial charge in [-0.2, -0.15) is 0 Å². The van der Waals surface area contributed by atoms with Gasteiger partial charge in [0.1, 0.15) is 13.2 Å². The molecule has 0 unspecified atom stereocenters. The third kappa shape index (κ3) is 6.43. The van der Waals surface area contributed by atoms with Crippen LogP contribution < -0.4 is 22.6 Å². The molecule has 0 radical (unpaired) electrons. The SMILES string of the molecule is CC[NH+](CC)CCOC(=O)Nc1c(Br)cccc1Br.[Cl-]. The predicted octanol–water partition coefficient (Wildman–Crippen LogP) is -0.311. The lowest BCUT2D eigenvalue weighted by Gasteiger charge is -2.15. The number of para-hydroxylation sites is 1. The molecule has 1 aromatic rings. The highest BCUT2D eigenvalue weighted by Crippen LogP contribution is 2.30. The van der Waals surface area contributed by atoms with Crippen molar-refractivity contribution in [2.45, 2.75) is 13.8 Å². The van der Waals surface area contributed by atoms with E-state index in [9.17, 15) is 4.79 Å². The van der Waals surface area contributed by atoms with Gasteiger partial charge in [0.05, 0.1) is 18.8 Å². The normalized spacial score (nSPS) is 10.1. The summed E-state index contributed by atoms with van der Waals surface area (Å²) in [6.07, 6.45) is -0.431. The van der Waals surface area contributed by atoms with Crippen LogP contribution in [0, 0.1) is 0 Å². The van der Waals surface area contributed by atoms with E-state index in [0.717, 1.165) is 28.6 Å². The van der Waals surface area contributed by atoms with Gasteiger partial charge in [-0.3, -0.25) is 5.32 Å². The number of ether oxygens (including phenoxy) is 1. The van der Waals surface area contributed by atoms with Crippen molar-refractivity contribution in [2.24, 2.45) is 0 Å². The first-order valence-electron chi connectivity index (χ1n) is 6.29. The van der Waals surface area contributed by atoms with E-state index < -0.39 is 6.09 Å². The summed E-state index contributed by atoms with van der Waals surface area (Å²) in [5.41, 5.74) is 0.683. The minimum Gasteiger partial charge on any atom is -1.00 e. The Kier molecular flexibility index (Phi) is 10.3. The van der Waals surface area contributed by atoms with Crippen LogP contribution in [0.1, 0.15) is 13.8 Å². The number of nitrogens with one attached hydrogen (secondary N) is 2. The van der Waals surface area contributed by atoms with Crippen LogP contribution in [0.4, 0.5) is 10.5 Å². The fourth-order valence-electron chi connectivity index (χ4n) is 1.65. The average Bonchev–Trinajstić information content (AvgIpc) is 2.39. The second kappa shape index (κ2) is 10.4. The topological polar surface area (TPSA) is 42.8 Å². The Morgan fingerprint density at radius 2 is 1.80 bits per heavy atom. The van der Waals surface area contributed by atoms with E-state index in [2.05, 4.69) is 51.0 Å². The standard InChI is InChI=1S/C13H18Br2N2O2.ClH/c1-3-17(4-2)8-9-19-13(18)16-12-10(14)6-5-7-11(12)15;/h5-7H,3-4,8-9H2,1-2H3,(H,16,18);1H. The molecule has 1 amide bonds. The summed E-state index contributed by atoms with van der Waals surface area (Å²) >= 11 is 6.77.